The Morgan fingerprint density at radius 1 is 1.50 bits per heavy atom. The fraction of sp³-hybridized carbons (Fsp3) is 0.667. The van der Waals surface area contributed by atoms with Gasteiger partial charge in [0.25, 0.3) is 0 Å². The second-order valence-corrected chi connectivity index (χ2v) is 3.02. The summed E-state index contributed by atoms with van der Waals surface area (Å²) in [4.78, 5) is 9.95. The van der Waals surface area contributed by atoms with Crippen LogP contribution in [0.3, 0.4) is 0 Å². The molecule has 1 heterocycles. The van der Waals surface area contributed by atoms with Crippen LogP contribution in [0.5, 0.6) is 0 Å². The first kappa shape index (κ1) is 12.6. The van der Waals surface area contributed by atoms with Crippen LogP contribution in [0.1, 0.15) is 13.8 Å². The van der Waals surface area contributed by atoms with Crippen LogP contribution in [0, 0.1) is 10.1 Å². The average Bonchev–Trinajstić information content (AvgIpc) is 2.67. The van der Waals surface area contributed by atoms with E-state index in [4.69, 9.17) is 9.47 Å². The number of nitrogens with zero attached hydrogens (tertiary/aromatic N) is 3. The lowest BCUT2D eigenvalue weighted by molar-refractivity contribution is -0.385. The molecule has 0 N–H and O–H groups in total. The molecule has 0 spiro atoms. The van der Waals surface area contributed by atoms with E-state index in [1.807, 2.05) is 13.8 Å². The molecule has 7 heteroatoms. The van der Waals surface area contributed by atoms with Gasteiger partial charge >= 0.3 is 5.69 Å². The third kappa shape index (κ3) is 3.59. The largest absolute Gasteiger partial charge is 0.351 e. The van der Waals surface area contributed by atoms with Crippen LogP contribution < -0.4 is 0 Å². The molecule has 0 aliphatic heterocycles. The Hall–Kier alpha value is -1.47. The molecule has 0 amide bonds. The SMILES string of the molecule is CCOC(Cn1cc([N+](=O)[O-])cn1)OCC. The van der Waals surface area contributed by atoms with E-state index in [0.717, 1.165) is 0 Å². The smallest absolute Gasteiger partial charge is 0.306 e. The molecule has 0 saturated carbocycles. The van der Waals surface area contributed by atoms with Crippen LogP contribution >= 0.6 is 0 Å². The standard InChI is InChI=1S/C9H15N3O4/c1-3-15-9(16-4-2)7-11-6-8(5-10-11)12(13)14/h5-6,9H,3-4,7H2,1-2H3. The van der Waals surface area contributed by atoms with Crippen LogP contribution in [0.4, 0.5) is 5.69 Å². The zero-order valence-corrected chi connectivity index (χ0v) is 9.33. The third-order valence-corrected chi connectivity index (χ3v) is 1.87. The van der Waals surface area contributed by atoms with Crippen molar-refractivity contribution in [1.29, 1.82) is 0 Å². The van der Waals surface area contributed by atoms with Gasteiger partial charge in [-0.15, -0.1) is 0 Å². The first-order valence-corrected chi connectivity index (χ1v) is 5.07. The molecular formula is C9H15N3O4. The Morgan fingerprint density at radius 3 is 2.56 bits per heavy atom. The van der Waals surface area contributed by atoms with Gasteiger partial charge in [0.05, 0.1) is 11.5 Å². The van der Waals surface area contributed by atoms with E-state index in [1.165, 1.54) is 17.1 Å². The van der Waals surface area contributed by atoms with Gasteiger partial charge in [0, 0.05) is 13.2 Å². The minimum atomic E-state index is -0.486. The number of rotatable bonds is 7. The summed E-state index contributed by atoms with van der Waals surface area (Å²) in [6, 6.07) is 0. The van der Waals surface area contributed by atoms with Crippen LogP contribution in [-0.4, -0.2) is 34.2 Å². The number of hydrogen-bond acceptors (Lipinski definition) is 5. The predicted octanol–water partition coefficient (Wildman–Crippen LogP) is 1.19. The predicted molar refractivity (Wildman–Crippen MR) is 55.9 cm³/mol. The quantitative estimate of drug-likeness (QED) is 0.398. The molecule has 0 atom stereocenters. The lowest BCUT2D eigenvalue weighted by Gasteiger charge is -2.16. The first-order valence-electron chi connectivity index (χ1n) is 5.07. The molecular weight excluding hydrogens is 214 g/mol. The minimum Gasteiger partial charge on any atom is -0.351 e. The van der Waals surface area contributed by atoms with Gasteiger partial charge in [-0.2, -0.15) is 5.10 Å². The molecule has 0 aliphatic rings. The van der Waals surface area contributed by atoms with Gasteiger partial charge in [-0.05, 0) is 13.8 Å². The Kier molecular flexibility index (Phi) is 4.87. The molecule has 0 fully saturated rings. The van der Waals surface area contributed by atoms with Crippen molar-refractivity contribution in [2.45, 2.75) is 26.7 Å². The molecule has 0 unspecified atom stereocenters. The van der Waals surface area contributed by atoms with Gasteiger partial charge < -0.3 is 9.47 Å². The molecule has 90 valence electrons. The summed E-state index contributed by atoms with van der Waals surface area (Å²) in [5.74, 6) is 0. The number of ether oxygens (including phenoxy) is 2. The van der Waals surface area contributed by atoms with Crippen molar-refractivity contribution in [1.82, 2.24) is 9.78 Å². The summed E-state index contributed by atoms with van der Waals surface area (Å²) < 4.78 is 12.0. The molecule has 7 nitrogen and oxygen atoms in total. The normalized spacial score (nSPS) is 10.9. The van der Waals surface area contributed by atoms with Gasteiger partial charge in [-0.25, -0.2) is 0 Å². The van der Waals surface area contributed by atoms with E-state index in [1.54, 1.807) is 0 Å². The maximum absolute atomic E-state index is 10.4. The molecule has 16 heavy (non-hydrogen) atoms. The molecule has 1 aromatic heterocycles. The van der Waals surface area contributed by atoms with Gasteiger partial charge in [-0.1, -0.05) is 0 Å². The Morgan fingerprint density at radius 2 is 2.12 bits per heavy atom. The summed E-state index contributed by atoms with van der Waals surface area (Å²) in [6.07, 6.45) is 2.13. The van der Waals surface area contributed by atoms with Crippen LogP contribution in [0.15, 0.2) is 12.4 Å². The first-order chi connectivity index (χ1) is 7.67. The minimum absolute atomic E-state index is 0.0354. The fourth-order valence-electron chi connectivity index (χ4n) is 1.22. The summed E-state index contributed by atoms with van der Waals surface area (Å²) in [7, 11) is 0. The fourth-order valence-corrected chi connectivity index (χ4v) is 1.22. The monoisotopic (exact) mass is 229 g/mol. The second-order valence-electron chi connectivity index (χ2n) is 3.02. The molecule has 1 aromatic rings. The van der Waals surface area contributed by atoms with Crippen LogP contribution in [-0.2, 0) is 16.0 Å². The molecule has 0 saturated heterocycles. The lowest BCUT2D eigenvalue weighted by Crippen LogP contribution is -2.23. The molecule has 0 bridgehead atoms. The third-order valence-electron chi connectivity index (χ3n) is 1.87. The summed E-state index contributed by atoms with van der Waals surface area (Å²) in [5.41, 5.74) is -0.0354. The Balaban J connectivity index is 2.58. The highest BCUT2D eigenvalue weighted by Crippen LogP contribution is 2.09. The van der Waals surface area contributed by atoms with Crippen molar-refractivity contribution in [2.75, 3.05) is 13.2 Å². The molecule has 1 rings (SSSR count). The van der Waals surface area contributed by atoms with E-state index in [-0.39, 0.29) is 5.69 Å². The van der Waals surface area contributed by atoms with Crippen molar-refractivity contribution in [3.05, 3.63) is 22.5 Å². The topological polar surface area (TPSA) is 79.4 Å². The summed E-state index contributed by atoms with van der Waals surface area (Å²) in [5, 5.41) is 14.3. The number of hydrogen-bond donors (Lipinski definition) is 0. The summed E-state index contributed by atoms with van der Waals surface area (Å²) >= 11 is 0. The van der Waals surface area contributed by atoms with Crippen molar-refractivity contribution < 1.29 is 14.4 Å². The molecule has 0 aromatic carbocycles. The van der Waals surface area contributed by atoms with E-state index in [9.17, 15) is 10.1 Å². The van der Waals surface area contributed by atoms with Crippen molar-refractivity contribution in [2.24, 2.45) is 0 Å². The van der Waals surface area contributed by atoms with E-state index >= 15 is 0 Å². The van der Waals surface area contributed by atoms with Crippen molar-refractivity contribution in [3.8, 4) is 0 Å². The van der Waals surface area contributed by atoms with Crippen LogP contribution in [0.25, 0.3) is 0 Å². The second kappa shape index (κ2) is 6.19. The van der Waals surface area contributed by atoms with Gasteiger partial charge in [0.1, 0.15) is 12.4 Å². The summed E-state index contributed by atoms with van der Waals surface area (Å²) in [6.45, 7) is 5.10. The van der Waals surface area contributed by atoms with Crippen LogP contribution in [0.2, 0.25) is 0 Å². The molecule has 0 aliphatic carbocycles. The maximum Gasteiger partial charge on any atom is 0.306 e. The van der Waals surface area contributed by atoms with E-state index < -0.39 is 11.2 Å². The highest BCUT2D eigenvalue weighted by molar-refractivity contribution is 5.20. The number of nitro groups is 1. The average molecular weight is 229 g/mol. The number of aromatic nitrogens is 2. The zero-order valence-electron chi connectivity index (χ0n) is 9.33. The van der Waals surface area contributed by atoms with Gasteiger partial charge in [0.2, 0.25) is 0 Å². The lowest BCUT2D eigenvalue weighted by atomic mass is 10.5. The van der Waals surface area contributed by atoms with Crippen molar-refractivity contribution >= 4 is 5.69 Å². The Bertz CT molecular complexity index is 333. The zero-order chi connectivity index (χ0) is 12.0. The van der Waals surface area contributed by atoms with E-state index in [2.05, 4.69) is 5.10 Å². The highest BCUT2D eigenvalue weighted by Gasteiger charge is 2.13. The van der Waals surface area contributed by atoms with E-state index in [0.29, 0.717) is 19.8 Å². The maximum atomic E-state index is 10.4. The van der Waals surface area contributed by atoms with Gasteiger partial charge in [-0.3, -0.25) is 14.8 Å². The van der Waals surface area contributed by atoms with Gasteiger partial charge in [0.15, 0.2) is 6.29 Å². The molecule has 0 radical (unpaired) electrons. The Labute approximate surface area is 93.1 Å². The highest BCUT2D eigenvalue weighted by atomic mass is 16.7. The van der Waals surface area contributed by atoms with Crippen molar-refractivity contribution in [3.63, 3.8) is 0 Å².